The minimum Gasteiger partial charge on any atom is -0.465 e. The van der Waals surface area contributed by atoms with Gasteiger partial charge in [0.05, 0.1) is 31.4 Å². The van der Waals surface area contributed by atoms with Crippen molar-refractivity contribution in [2.75, 3.05) is 19.8 Å². The Kier molecular flexibility index (Phi) is 7.45. The molecular formula is C25H29FN2O6. The molecule has 2 aliphatic rings. The maximum absolute atomic E-state index is 13.7. The molecular weight excluding hydrogens is 443 g/mol. The molecule has 182 valence electrons. The van der Waals surface area contributed by atoms with Crippen LogP contribution in [0.4, 0.5) is 9.18 Å². The lowest BCUT2D eigenvalue weighted by molar-refractivity contribution is -0.164. The van der Waals surface area contributed by atoms with Gasteiger partial charge in [0.2, 0.25) is 0 Å². The molecule has 34 heavy (non-hydrogen) atoms. The van der Waals surface area contributed by atoms with Gasteiger partial charge in [-0.3, -0.25) is 4.79 Å². The first-order valence-corrected chi connectivity index (χ1v) is 11.4. The fourth-order valence-corrected chi connectivity index (χ4v) is 4.73. The number of carbonyl (C=O) groups excluding carboxylic acids is 1. The summed E-state index contributed by atoms with van der Waals surface area (Å²) in [6.07, 6.45) is -2.45. The van der Waals surface area contributed by atoms with Crippen LogP contribution in [0, 0.1) is 5.82 Å². The number of aliphatic hydroxyl groups excluding tert-OH is 1. The van der Waals surface area contributed by atoms with E-state index in [9.17, 15) is 24.2 Å². The minimum atomic E-state index is -1.22. The highest BCUT2D eigenvalue weighted by Crippen LogP contribution is 2.36. The van der Waals surface area contributed by atoms with Gasteiger partial charge < -0.3 is 29.9 Å². The zero-order chi connectivity index (χ0) is 24.2. The summed E-state index contributed by atoms with van der Waals surface area (Å²) in [5.74, 6) is -0.609. The number of carbonyl (C=O) groups is 2. The Balaban J connectivity index is 1.59. The summed E-state index contributed by atoms with van der Waals surface area (Å²) in [4.78, 5) is 26.8. The Bertz CT molecular complexity index is 1020. The Morgan fingerprint density at radius 2 is 1.97 bits per heavy atom. The molecule has 2 aromatic carbocycles. The van der Waals surface area contributed by atoms with Gasteiger partial charge in [-0.25, -0.2) is 9.18 Å². The van der Waals surface area contributed by atoms with Crippen LogP contribution in [0.25, 0.3) is 0 Å². The Morgan fingerprint density at radius 3 is 2.68 bits per heavy atom. The van der Waals surface area contributed by atoms with E-state index in [0.29, 0.717) is 13.0 Å². The number of ether oxygens (including phenoxy) is 2. The smallest absolute Gasteiger partial charge is 0.404 e. The molecule has 0 radical (unpaired) electrons. The van der Waals surface area contributed by atoms with Crippen LogP contribution in [0.1, 0.15) is 36.1 Å². The third-order valence-electron chi connectivity index (χ3n) is 6.38. The van der Waals surface area contributed by atoms with Crippen LogP contribution in [0.15, 0.2) is 48.5 Å². The number of carboxylic acid groups (broad SMARTS) is 1. The van der Waals surface area contributed by atoms with Crippen molar-refractivity contribution in [1.82, 2.24) is 10.2 Å². The molecule has 1 fully saturated rings. The average Bonchev–Trinajstić information content (AvgIpc) is 2.84. The van der Waals surface area contributed by atoms with Crippen LogP contribution in [0.2, 0.25) is 0 Å². The van der Waals surface area contributed by atoms with Gasteiger partial charge in [-0.2, -0.15) is 0 Å². The molecule has 0 spiro atoms. The molecule has 2 aliphatic heterocycles. The highest BCUT2D eigenvalue weighted by atomic mass is 19.1. The molecule has 9 heteroatoms. The predicted molar refractivity (Wildman–Crippen MR) is 121 cm³/mol. The van der Waals surface area contributed by atoms with Crippen LogP contribution >= 0.6 is 0 Å². The second-order valence-electron chi connectivity index (χ2n) is 8.72. The van der Waals surface area contributed by atoms with E-state index < -0.39 is 36.5 Å². The Morgan fingerprint density at radius 1 is 1.24 bits per heavy atom. The molecule has 0 aliphatic carbocycles. The van der Waals surface area contributed by atoms with Crippen LogP contribution in [-0.4, -0.2) is 71.2 Å². The van der Waals surface area contributed by atoms with Crippen molar-refractivity contribution >= 4 is 12.0 Å². The van der Waals surface area contributed by atoms with E-state index in [0.717, 1.165) is 16.7 Å². The lowest BCUT2D eigenvalue weighted by atomic mass is 9.87. The first kappa shape index (κ1) is 24.1. The van der Waals surface area contributed by atoms with E-state index in [4.69, 9.17) is 9.47 Å². The molecule has 8 nitrogen and oxygen atoms in total. The van der Waals surface area contributed by atoms with E-state index in [1.165, 1.54) is 12.1 Å². The monoisotopic (exact) mass is 472 g/mol. The van der Waals surface area contributed by atoms with E-state index in [1.807, 2.05) is 24.3 Å². The third kappa shape index (κ3) is 5.22. The molecule has 2 aromatic rings. The molecule has 0 bridgehead atoms. The van der Waals surface area contributed by atoms with Gasteiger partial charge in [0.25, 0.3) is 5.91 Å². The van der Waals surface area contributed by atoms with Gasteiger partial charge >= 0.3 is 6.09 Å². The van der Waals surface area contributed by atoms with E-state index >= 15 is 0 Å². The second kappa shape index (κ2) is 10.5. The Labute approximate surface area is 197 Å². The summed E-state index contributed by atoms with van der Waals surface area (Å²) in [5, 5.41) is 21.0. The fraction of sp³-hybridized carbons (Fsp3) is 0.440. The predicted octanol–water partition coefficient (Wildman–Crippen LogP) is 2.49. The van der Waals surface area contributed by atoms with Crippen molar-refractivity contribution in [1.29, 1.82) is 0 Å². The summed E-state index contributed by atoms with van der Waals surface area (Å²) in [6, 6.07) is 12.9. The minimum absolute atomic E-state index is 0.0112. The molecule has 3 N–H and O–H groups in total. The van der Waals surface area contributed by atoms with Crippen molar-refractivity contribution in [2.24, 2.45) is 0 Å². The number of nitrogens with zero attached hydrogens (tertiary/aromatic N) is 1. The highest BCUT2D eigenvalue weighted by Gasteiger charge is 2.41. The van der Waals surface area contributed by atoms with E-state index in [2.05, 4.69) is 5.32 Å². The first-order valence-electron chi connectivity index (χ1n) is 11.4. The maximum Gasteiger partial charge on any atom is 0.404 e. The SMILES string of the molecule is CC(CO)O[C@H]1CO[C@@H](C(=O)N2CCc3ccccc3[C@@H]2c2ccc(F)cc2)C[C@@H]1NC(=O)O. The summed E-state index contributed by atoms with van der Waals surface area (Å²) in [7, 11) is 0. The van der Waals surface area contributed by atoms with Crippen LogP contribution in [-0.2, 0) is 20.7 Å². The van der Waals surface area contributed by atoms with Gasteiger partial charge in [0, 0.05) is 13.0 Å². The van der Waals surface area contributed by atoms with Crippen LogP contribution < -0.4 is 5.32 Å². The standard InChI is InChI=1S/C25H29FN2O6/c1-15(13-29)34-22-14-33-21(12-20(22)27-25(31)32)24(30)28-11-10-16-4-2-3-5-19(16)23(28)17-6-8-18(26)9-7-17/h2-9,15,20-23,27,29H,10-14H2,1H3,(H,31,32)/t15?,20-,21+,22-,23-/m0/s1. The first-order chi connectivity index (χ1) is 16.4. The maximum atomic E-state index is 13.7. The van der Waals surface area contributed by atoms with Gasteiger partial charge in [-0.1, -0.05) is 36.4 Å². The molecule has 1 saturated heterocycles. The third-order valence-corrected chi connectivity index (χ3v) is 6.38. The fourth-order valence-electron chi connectivity index (χ4n) is 4.73. The molecule has 0 saturated carbocycles. The van der Waals surface area contributed by atoms with Crippen molar-refractivity contribution in [3.8, 4) is 0 Å². The molecule has 1 unspecified atom stereocenters. The summed E-state index contributed by atoms with van der Waals surface area (Å²) >= 11 is 0. The van der Waals surface area contributed by atoms with Crippen molar-refractivity contribution in [3.05, 3.63) is 71.0 Å². The van der Waals surface area contributed by atoms with Gasteiger partial charge in [0.15, 0.2) is 0 Å². The number of hydrogen-bond donors (Lipinski definition) is 3. The van der Waals surface area contributed by atoms with Crippen molar-refractivity contribution in [3.63, 3.8) is 0 Å². The number of halogens is 1. The lowest BCUT2D eigenvalue weighted by Gasteiger charge is -2.42. The second-order valence-corrected chi connectivity index (χ2v) is 8.72. The highest BCUT2D eigenvalue weighted by molar-refractivity contribution is 5.82. The van der Waals surface area contributed by atoms with Crippen LogP contribution in [0.5, 0.6) is 0 Å². The van der Waals surface area contributed by atoms with Gasteiger partial charge in [0.1, 0.15) is 18.0 Å². The summed E-state index contributed by atoms with van der Waals surface area (Å²) < 4.78 is 25.2. The zero-order valence-corrected chi connectivity index (χ0v) is 18.9. The number of hydrogen-bond acceptors (Lipinski definition) is 5. The molecule has 2 heterocycles. The number of fused-ring (bicyclic) bond motifs is 1. The molecule has 4 rings (SSSR count). The largest absolute Gasteiger partial charge is 0.465 e. The summed E-state index contributed by atoms with van der Waals surface area (Å²) in [5.41, 5.74) is 2.89. The Hall–Kier alpha value is -3.01. The quantitative estimate of drug-likeness (QED) is 0.596. The van der Waals surface area contributed by atoms with E-state index in [1.54, 1.807) is 24.0 Å². The molecule has 0 aromatic heterocycles. The van der Waals surface area contributed by atoms with Gasteiger partial charge in [-0.05, 0) is 42.2 Å². The number of benzene rings is 2. The number of aliphatic hydroxyl groups is 1. The number of nitrogens with one attached hydrogen (secondary N) is 1. The normalized spacial score (nSPS) is 25.3. The number of amides is 2. The van der Waals surface area contributed by atoms with E-state index in [-0.39, 0.29) is 31.4 Å². The average molecular weight is 473 g/mol. The van der Waals surface area contributed by atoms with Crippen molar-refractivity contribution in [2.45, 2.75) is 50.2 Å². The number of rotatable bonds is 6. The van der Waals surface area contributed by atoms with Crippen LogP contribution in [0.3, 0.4) is 0 Å². The zero-order valence-electron chi connectivity index (χ0n) is 18.9. The molecule has 2 amide bonds. The van der Waals surface area contributed by atoms with Crippen molar-refractivity contribution < 1.29 is 33.7 Å². The summed E-state index contributed by atoms with van der Waals surface area (Å²) in [6.45, 7) is 1.92. The lowest BCUT2D eigenvalue weighted by Crippen LogP contribution is -2.57. The topological polar surface area (TPSA) is 108 Å². The molecule has 5 atom stereocenters. The van der Waals surface area contributed by atoms with Gasteiger partial charge in [-0.15, -0.1) is 0 Å².